The van der Waals surface area contributed by atoms with Crippen LogP contribution in [-0.2, 0) is 24.0 Å². The van der Waals surface area contributed by atoms with Crippen LogP contribution in [0.2, 0.25) is 0 Å². The molecule has 8 heteroatoms. The molecule has 5 rings (SSSR count). The number of carbonyl (C=O) groups is 1. The summed E-state index contributed by atoms with van der Waals surface area (Å²) < 4.78 is 18.1. The zero-order chi connectivity index (χ0) is 19.9. The van der Waals surface area contributed by atoms with Crippen LogP contribution in [0.3, 0.4) is 0 Å². The van der Waals surface area contributed by atoms with Crippen LogP contribution in [0.25, 0.3) is 0 Å². The van der Waals surface area contributed by atoms with Gasteiger partial charge in [0.25, 0.3) is 0 Å². The third kappa shape index (κ3) is 3.62. The van der Waals surface area contributed by atoms with Gasteiger partial charge >= 0.3 is 5.30 Å². The summed E-state index contributed by atoms with van der Waals surface area (Å²) in [4.78, 5) is 23.3. The molecule has 1 aliphatic carbocycles. The van der Waals surface area contributed by atoms with Crippen molar-refractivity contribution in [3.63, 3.8) is 0 Å². The normalized spacial score (nSPS) is 47.3. The Kier molecular flexibility index (Phi) is 6.28. The molecule has 4 heterocycles. The van der Waals surface area contributed by atoms with Gasteiger partial charge < -0.3 is 14.2 Å². The van der Waals surface area contributed by atoms with E-state index in [1.807, 2.05) is 6.92 Å². The van der Waals surface area contributed by atoms with Gasteiger partial charge in [-0.1, -0.05) is 13.8 Å². The number of carbonyl (C=O) groups excluding carboxylic acids is 1. The lowest BCUT2D eigenvalue weighted by molar-refractivity contribution is -0.568. The van der Waals surface area contributed by atoms with Crippen molar-refractivity contribution < 1.29 is 28.8 Å². The van der Waals surface area contributed by atoms with E-state index in [2.05, 4.69) is 13.8 Å². The predicted octanol–water partition coefficient (Wildman–Crippen LogP) is 4.82. The molecule has 5 fully saturated rings. The van der Waals surface area contributed by atoms with Gasteiger partial charge in [-0.15, -0.1) is 11.8 Å². The van der Waals surface area contributed by atoms with E-state index in [4.69, 9.17) is 24.0 Å². The molecular weight excluding hydrogens is 400 g/mol. The zero-order valence-electron chi connectivity index (χ0n) is 17.2. The summed E-state index contributed by atoms with van der Waals surface area (Å²) in [5.74, 6) is 1.86. The van der Waals surface area contributed by atoms with Crippen molar-refractivity contribution in [3.05, 3.63) is 0 Å². The summed E-state index contributed by atoms with van der Waals surface area (Å²) in [6.45, 7) is 7.02. The fourth-order valence-electron chi connectivity index (χ4n) is 5.54. The molecule has 0 radical (unpaired) electrons. The average Bonchev–Trinajstić information content (AvgIpc) is 2.91. The van der Waals surface area contributed by atoms with Crippen LogP contribution < -0.4 is 0 Å². The van der Waals surface area contributed by atoms with Gasteiger partial charge in [0.15, 0.2) is 11.9 Å². The molecule has 6 nitrogen and oxygen atoms in total. The van der Waals surface area contributed by atoms with Crippen molar-refractivity contribution in [2.45, 2.75) is 76.0 Å². The fraction of sp³-hybridized carbons (Fsp3) is 0.950. The summed E-state index contributed by atoms with van der Waals surface area (Å²) in [6.07, 6.45) is 6.40. The largest absolute Gasteiger partial charge is 0.458 e. The molecule has 0 aromatic heterocycles. The Balaban J connectivity index is 1.45. The number of rotatable bonds is 5. The molecule has 0 unspecified atom stereocenters. The Morgan fingerprint density at radius 2 is 2.00 bits per heavy atom. The number of ether oxygens (including phenoxy) is 3. The molecule has 2 bridgehead atoms. The van der Waals surface area contributed by atoms with Crippen LogP contribution in [0.15, 0.2) is 0 Å². The number of fused-ring (bicyclic) bond motifs is 2. The van der Waals surface area contributed by atoms with E-state index >= 15 is 0 Å². The van der Waals surface area contributed by atoms with Crippen molar-refractivity contribution in [2.24, 2.45) is 23.7 Å². The van der Waals surface area contributed by atoms with E-state index in [-0.39, 0.29) is 17.0 Å². The molecule has 1 saturated carbocycles. The Morgan fingerprint density at radius 3 is 2.79 bits per heavy atom. The Hall–Kier alpha value is 0.01000. The van der Waals surface area contributed by atoms with Gasteiger partial charge in [-0.3, -0.25) is 0 Å². The molecule has 5 aliphatic rings. The first-order valence-corrected chi connectivity index (χ1v) is 12.7. The monoisotopic (exact) mass is 432 g/mol. The molecule has 8 atom stereocenters. The lowest BCUT2D eigenvalue weighted by atomic mass is 9.58. The summed E-state index contributed by atoms with van der Waals surface area (Å²) >= 11 is 2.91. The maximum atomic E-state index is 11.2. The lowest BCUT2D eigenvalue weighted by Gasteiger charge is -2.60. The number of hydrogen-bond donors (Lipinski definition) is 0. The molecule has 0 aromatic carbocycles. The highest BCUT2D eigenvalue weighted by Gasteiger charge is 2.69. The van der Waals surface area contributed by atoms with Crippen LogP contribution in [0, 0.1) is 23.7 Å². The van der Waals surface area contributed by atoms with Gasteiger partial charge in [0.2, 0.25) is 5.79 Å². The number of thioether (sulfide) groups is 2. The number of hydrogen-bond acceptors (Lipinski definition) is 8. The van der Waals surface area contributed by atoms with Crippen molar-refractivity contribution in [2.75, 3.05) is 18.6 Å². The highest BCUT2D eigenvalue weighted by molar-refractivity contribution is 8.12. The van der Waals surface area contributed by atoms with Gasteiger partial charge in [-0.25, -0.2) is 14.6 Å². The molecule has 0 N–H and O–H groups in total. The van der Waals surface area contributed by atoms with Gasteiger partial charge in [-0.2, -0.15) is 0 Å². The minimum absolute atomic E-state index is 0.0532. The molecule has 4 aliphatic heterocycles. The third-order valence-corrected chi connectivity index (χ3v) is 8.90. The van der Waals surface area contributed by atoms with Crippen LogP contribution in [-0.4, -0.2) is 47.0 Å². The molecule has 0 aromatic rings. The van der Waals surface area contributed by atoms with Crippen LogP contribution in [0.5, 0.6) is 0 Å². The van der Waals surface area contributed by atoms with Gasteiger partial charge in [0.05, 0.1) is 6.61 Å². The summed E-state index contributed by atoms with van der Waals surface area (Å²) in [6, 6.07) is 0. The first-order valence-electron chi connectivity index (χ1n) is 10.4. The second-order valence-electron chi connectivity index (χ2n) is 8.80. The van der Waals surface area contributed by atoms with Crippen molar-refractivity contribution in [1.29, 1.82) is 0 Å². The Morgan fingerprint density at radius 1 is 1.18 bits per heavy atom. The quantitative estimate of drug-likeness (QED) is 0.348. The van der Waals surface area contributed by atoms with E-state index < -0.39 is 11.4 Å². The zero-order valence-corrected chi connectivity index (χ0v) is 18.8. The minimum atomic E-state index is -0.723. The topological polar surface area (TPSA) is 63.2 Å². The molecule has 28 heavy (non-hydrogen) atoms. The molecule has 160 valence electrons. The highest BCUT2D eigenvalue weighted by atomic mass is 32.2. The highest BCUT2D eigenvalue weighted by Crippen LogP contribution is 2.61. The predicted molar refractivity (Wildman–Crippen MR) is 109 cm³/mol. The van der Waals surface area contributed by atoms with E-state index in [9.17, 15) is 4.79 Å². The molecule has 0 amide bonds. The summed E-state index contributed by atoms with van der Waals surface area (Å²) in [5, 5.41) is -0.218. The Bertz CT molecular complexity index is 591. The third-order valence-electron chi connectivity index (χ3n) is 7.05. The fourth-order valence-corrected chi connectivity index (χ4v) is 6.93. The minimum Gasteiger partial charge on any atom is -0.458 e. The van der Waals surface area contributed by atoms with Gasteiger partial charge in [-0.05, 0) is 74.1 Å². The maximum absolute atomic E-state index is 11.2. The van der Waals surface area contributed by atoms with E-state index in [1.54, 1.807) is 18.0 Å². The maximum Gasteiger partial charge on any atom is 0.367 e. The van der Waals surface area contributed by atoms with Crippen molar-refractivity contribution in [3.8, 4) is 0 Å². The Labute approximate surface area is 176 Å². The smallest absolute Gasteiger partial charge is 0.367 e. The van der Waals surface area contributed by atoms with Crippen molar-refractivity contribution in [1.82, 2.24) is 0 Å². The average molecular weight is 433 g/mol. The standard InChI is InChI=1S/C20H32O6S2/c1-12-6-7-15-13(2)16(28-11-5-10-22-18(21)27-4)23-17-20(15)14(12)8-9-19(3,24-17)25-26-20/h12-17H,5-11H2,1-4H3/t12-,13-,14+,15+,16+,17-,19+,20-/m1/s1. The first kappa shape index (κ1) is 21.2. The molecule has 1 spiro atoms. The SMILES string of the molecule is CSC(=O)OCCCS[C@@H]1O[C@@H]2O[C@]3(C)CC[C@H]4[C@H](C)CC[C@@H]([C@H]1C)[C@@]24OO3. The molecular formula is C20H32O6S2. The summed E-state index contributed by atoms with van der Waals surface area (Å²) in [7, 11) is 0. The second-order valence-corrected chi connectivity index (χ2v) is 10.7. The first-order chi connectivity index (χ1) is 13.4. The second kappa shape index (κ2) is 8.27. The van der Waals surface area contributed by atoms with E-state index in [0.29, 0.717) is 30.3 Å². The summed E-state index contributed by atoms with van der Waals surface area (Å²) in [5.41, 5.74) is -0.435. The van der Waals surface area contributed by atoms with Crippen LogP contribution in [0.4, 0.5) is 4.79 Å². The van der Waals surface area contributed by atoms with Gasteiger partial charge in [0, 0.05) is 12.3 Å². The van der Waals surface area contributed by atoms with E-state index in [0.717, 1.165) is 43.2 Å². The van der Waals surface area contributed by atoms with E-state index in [1.165, 1.54) is 6.42 Å². The molecule has 4 saturated heterocycles. The van der Waals surface area contributed by atoms with Crippen LogP contribution >= 0.6 is 23.5 Å². The van der Waals surface area contributed by atoms with Crippen LogP contribution in [0.1, 0.15) is 52.9 Å². The van der Waals surface area contributed by atoms with Gasteiger partial charge in [0.1, 0.15) is 5.44 Å². The van der Waals surface area contributed by atoms with Crippen molar-refractivity contribution >= 4 is 28.8 Å². The lowest BCUT2D eigenvalue weighted by Crippen LogP contribution is -2.70.